The Hall–Kier alpha value is -0.0900. The quantitative estimate of drug-likeness (QED) is 0.782. The van der Waals surface area contributed by atoms with Crippen molar-refractivity contribution in [1.82, 2.24) is 5.32 Å². The van der Waals surface area contributed by atoms with E-state index in [1.165, 1.54) is 6.42 Å². The first kappa shape index (κ1) is 13.0. The molecule has 15 heavy (non-hydrogen) atoms. The maximum absolute atomic E-state index is 11.3. The zero-order valence-electron chi connectivity index (χ0n) is 9.83. The Morgan fingerprint density at radius 1 is 1.40 bits per heavy atom. The summed E-state index contributed by atoms with van der Waals surface area (Å²) in [6, 6.07) is 0. The second-order valence-corrected chi connectivity index (χ2v) is 7.08. The van der Waals surface area contributed by atoms with E-state index in [9.17, 15) is 8.42 Å². The second-order valence-electron chi connectivity index (χ2n) is 4.61. The molecule has 1 aliphatic rings. The molecule has 0 radical (unpaired) electrons. The van der Waals surface area contributed by atoms with Gasteiger partial charge in [-0.25, -0.2) is 8.42 Å². The molecule has 0 spiro atoms. The maximum atomic E-state index is 11.3. The van der Waals surface area contributed by atoms with Crippen molar-refractivity contribution in [3.8, 4) is 0 Å². The van der Waals surface area contributed by atoms with Gasteiger partial charge in [0.1, 0.15) is 9.84 Å². The van der Waals surface area contributed by atoms with Gasteiger partial charge < -0.3 is 5.32 Å². The lowest BCUT2D eigenvalue weighted by molar-refractivity contribution is 0.258. The van der Waals surface area contributed by atoms with Crippen molar-refractivity contribution >= 4 is 9.84 Å². The molecule has 0 aromatic rings. The third-order valence-electron chi connectivity index (χ3n) is 3.46. The van der Waals surface area contributed by atoms with Gasteiger partial charge in [0.2, 0.25) is 0 Å². The molecule has 0 aromatic carbocycles. The predicted molar refractivity (Wildman–Crippen MR) is 63.7 cm³/mol. The summed E-state index contributed by atoms with van der Waals surface area (Å²) >= 11 is 0. The van der Waals surface area contributed by atoms with E-state index in [1.54, 1.807) is 6.92 Å². The Kier molecular flexibility index (Phi) is 5.06. The van der Waals surface area contributed by atoms with Crippen molar-refractivity contribution < 1.29 is 8.42 Å². The molecule has 2 atom stereocenters. The minimum absolute atomic E-state index is 0.283. The molecule has 1 heterocycles. The average molecular weight is 233 g/mol. The Morgan fingerprint density at radius 3 is 2.73 bits per heavy atom. The van der Waals surface area contributed by atoms with Crippen LogP contribution < -0.4 is 5.32 Å². The van der Waals surface area contributed by atoms with E-state index in [1.807, 2.05) is 0 Å². The SMILES string of the molecule is CCS(=O)(=O)CCCC1CNCCC1C. The van der Waals surface area contributed by atoms with E-state index in [4.69, 9.17) is 0 Å². The van der Waals surface area contributed by atoms with Gasteiger partial charge in [0.15, 0.2) is 0 Å². The largest absolute Gasteiger partial charge is 0.316 e. The molecule has 1 rings (SSSR count). The molecular weight excluding hydrogens is 210 g/mol. The normalized spacial score (nSPS) is 27.9. The van der Waals surface area contributed by atoms with E-state index in [0.717, 1.165) is 31.8 Å². The fourth-order valence-electron chi connectivity index (χ4n) is 2.15. The molecular formula is C11H23NO2S. The van der Waals surface area contributed by atoms with Gasteiger partial charge in [-0.3, -0.25) is 0 Å². The van der Waals surface area contributed by atoms with Crippen LogP contribution in [0.4, 0.5) is 0 Å². The molecule has 1 fully saturated rings. The molecule has 1 aliphatic heterocycles. The van der Waals surface area contributed by atoms with Crippen LogP contribution in [0, 0.1) is 11.8 Å². The summed E-state index contributed by atoms with van der Waals surface area (Å²) in [6.45, 7) is 6.18. The Morgan fingerprint density at radius 2 is 2.13 bits per heavy atom. The van der Waals surface area contributed by atoms with Crippen LogP contribution in [0.2, 0.25) is 0 Å². The van der Waals surface area contributed by atoms with Crippen molar-refractivity contribution in [1.29, 1.82) is 0 Å². The molecule has 2 unspecified atom stereocenters. The molecule has 0 amide bonds. The highest BCUT2D eigenvalue weighted by atomic mass is 32.2. The van der Waals surface area contributed by atoms with Crippen molar-refractivity contribution in [3.63, 3.8) is 0 Å². The van der Waals surface area contributed by atoms with Crippen LogP contribution in [0.3, 0.4) is 0 Å². The van der Waals surface area contributed by atoms with E-state index < -0.39 is 9.84 Å². The molecule has 3 nitrogen and oxygen atoms in total. The Bertz CT molecular complexity index is 274. The summed E-state index contributed by atoms with van der Waals surface area (Å²) in [6.07, 6.45) is 3.10. The second kappa shape index (κ2) is 5.85. The summed E-state index contributed by atoms with van der Waals surface area (Å²) in [4.78, 5) is 0. The van der Waals surface area contributed by atoms with Gasteiger partial charge in [0.25, 0.3) is 0 Å². The van der Waals surface area contributed by atoms with Crippen molar-refractivity contribution in [2.75, 3.05) is 24.6 Å². The van der Waals surface area contributed by atoms with Crippen LogP contribution >= 0.6 is 0 Å². The molecule has 0 saturated carbocycles. The van der Waals surface area contributed by atoms with E-state index >= 15 is 0 Å². The van der Waals surface area contributed by atoms with Gasteiger partial charge in [-0.05, 0) is 44.2 Å². The lowest BCUT2D eigenvalue weighted by atomic mass is 9.85. The fourth-order valence-corrected chi connectivity index (χ4v) is 3.05. The summed E-state index contributed by atoms with van der Waals surface area (Å²) < 4.78 is 22.6. The molecule has 0 aromatic heterocycles. The van der Waals surface area contributed by atoms with Crippen molar-refractivity contribution in [2.45, 2.75) is 33.1 Å². The number of rotatable bonds is 5. The summed E-state index contributed by atoms with van der Waals surface area (Å²) in [5, 5.41) is 3.38. The smallest absolute Gasteiger partial charge is 0.150 e. The predicted octanol–water partition coefficient (Wildman–Crippen LogP) is 1.45. The minimum atomic E-state index is -2.76. The summed E-state index contributed by atoms with van der Waals surface area (Å²) in [7, 11) is -2.76. The third kappa shape index (κ3) is 4.51. The zero-order valence-corrected chi connectivity index (χ0v) is 10.6. The first-order valence-electron chi connectivity index (χ1n) is 5.96. The molecule has 90 valence electrons. The van der Waals surface area contributed by atoms with Gasteiger partial charge in [-0.1, -0.05) is 13.8 Å². The number of hydrogen-bond donors (Lipinski definition) is 1. The topological polar surface area (TPSA) is 46.2 Å². The summed E-state index contributed by atoms with van der Waals surface area (Å²) in [5.41, 5.74) is 0. The first-order valence-corrected chi connectivity index (χ1v) is 7.78. The van der Waals surface area contributed by atoms with Gasteiger partial charge in [-0.2, -0.15) is 0 Å². The van der Waals surface area contributed by atoms with E-state index in [2.05, 4.69) is 12.2 Å². The average Bonchev–Trinajstić information content (AvgIpc) is 2.21. The molecule has 0 bridgehead atoms. The number of nitrogens with one attached hydrogen (secondary N) is 1. The van der Waals surface area contributed by atoms with Crippen LogP contribution in [-0.4, -0.2) is 33.0 Å². The van der Waals surface area contributed by atoms with Crippen LogP contribution in [0.1, 0.15) is 33.1 Å². The first-order chi connectivity index (χ1) is 7.05. The molecule has 4 heteroatoms. The van der Waals surface area contributed by atoms with Gasteiger partial charge in [0, 0.05) is 5.75 Å². The number of sulfone groups is 1. The lowest BCUT2D eigenvalue weighted by Gasteiger charge is -2.29. The van der Waals surface area contributed by atoms with Crippen LogP contribution in [-0.2, 0) is 9.84 Å². The van der Waals surface area contributed by atoms with Crippen molar-refractivity contribution in [2.24, 2.45) is 11.8 Å². The highest BCUT2D eigenvalue weighted by Crippen LogP contribution is 2.22. The standard InChI is InChI=1S/C11H23NO2S/c1-3-15(13,14)8-4-5-11-9-12-7-6-10(11)2/h10-12H,3-9H2,1-2H3. The number of piperidine rings is 1. The van der Waals surface area contributed by atoms with Crippen LogP contribution in [0.15, 0.2) is 0 Å². The number of hydrogen-bond acceptors (Lipinski definition) is 3. The third-order valence-corrected chi connectivity index (χ3v) is 5.25. The summed E-state index contributed by atoms with van der Waals surface area (Å²) in [5.74, 6) is 2.07. The van der Waals surface area contributed by atoms with Crippen molar-refractivity contribution in [3.05, 3.63) is 0 Å². The van der Waals surface area contributed by atoms with E-state index in [0.29, 0.717) is 11.7 Å². The molecule has 1 N–H and O–H groups in total. The Balaban J connectivity index is 2.25. The van der Waals surface area contributed by atoms with Gasteiger partial charge in [-0.15, -0.1) is 0 Å². The fraction of sp³-hybridized carbons (Fsp3) is 1.00. The molecule has 0 aliphatic carbocycles. The highest BCUT2D eigenvalue weighted by Gasteiger charge is 2.21. The lowest BCUT2D eigenvalue weighted by Crippen LogP contribution is -2.35. The van der Waals surface area contributed by atoms with Gasteiger partial charge >= 0.3 is 0 Å². The molecule has 1 saturated heterocycles. The van der Waals surface area contributed by atoms with Crippen LogP contribution in [0.25, 0.3) is 0 Å². The van der Waals surface area contributed by atoms with Gasteiger partial charge in [0.05, 0.1) is 5.75 Å². The maximum Gasteiger partial charge on any atom is 0.150 e. The van der Waals surface area contributed by atoms with Crippen LogP contribution in [0.5, 0.6) is 0 Å². The monoisotopic (exact) mass is 233 g/mol. The highest BCUT2D eigenvalue weighted by molar-refractivity contribution is 7.91. The Labute approximate surface area is 93.6 Å². The minimum Gasteiger partial charge on any atom is -0.316 e. The van der Waals surface area contributed by atoms with E-state index in [-0.39, 0.29) is 5.75 Å². The zero-order chi connectivity index (χ0) is 11.3.